The van der Waals surface area contributed by atoms with Crippen molar-refractivity contribution in [3.05, 3.63) is 59.2 Å². The standard InChI is InChI=1S/C18H19N3O/c1-22-14-8-6-13-11-19-18(21-17(13)10-14)20-16-9-7-12-4-2-3-5-15(12)16/h2-6,8,10,16H,7,9,11H2,1H3,(H2,19,20,21). The van der Waals surface area contributed by atoms with Crippen LogP contribution in [0, 0.1) is 0 Å². The molecule has 4 nitrogen and oxygen atoms in total. The van der Waals surface area contributed by atoms with E-state index in [9.17, 15) is 0 Å². The number of guanidine groups is 1. The third kappa shape index (κ3) is 2.30. The summed E-state index contributed by atoms with van der Waals surface area (Å²) in [6.45, 7) is 0.791. The molecule has 0 spiro atoms. The van der Waals surface area contributed by atoms with E-state index in [1.807, 2.05) is 12.1 Å². The summed E-state index contributed by atoms with van der Waals surface area (Å²) in [5.74, 6) is 1.69. The van der Waals surface area contributed by atoms with Crippen molar-refractivity contribution in [3.8, 4) is 5.75 Å². The lowest BCUT2D eigenvalue weighted by Gasteiger charge is -2.22. The molecule has 22 heavy (non-hydrogen) atoms. The first-order valence-electron chi connectivity index (χ1n) is 7.67. The van der Waals surface area contributed by atoms with Crippen LogP contribution in [0.5, 0.6) is 5.75 Å². The highest BCUT2D eigenvalue weighted by Crippen LogP contribution is 2.32. The van der Waals surface area contributed by atoms with Crippen LogP contribution in [0.1, 0.15) is 29.2 Å². The van der Waals surface area contributed by atoms with Gasteiger partial charge in [0.2, 0.25) is 0 Å². The van der Waals surface area contributed by atoms with E-state index < -0.39 is 0 Å². The van der Waals surface area contributed by atoms with E-state index >= 15 is 0 Å². The molecule has 1 atom stereocenters. The van der Waals surface area contributed by atoms with Gasteiger partial charge in [-0.05, 0) is 35.6 Å². The lowest BCUT2D eigenvalue weighted by molar-refractivity contribution is 0.414. The van der Waals surface area contributed by atoms with Crippen LogP contribution in [0.2, 0.25) is 0 Å². The maximum absolute atomic E-state index is 5.29. The molecule has 4 rings (SSSR count). The summed E-state index contributed by atoms with van der Waals surface area (Å²) >= 11 is 0. The minimum Gasteiger partial charge on any atom is -0.497 e. The first kappa shape index (κ1) is 13.2. The summed E-state index contributed by atoms with van der Waals surface area (Å²) in [6.07, 6.45) is 2.25. The molecule has 112 valence electrons. The van der Waals surface area contributed by atoms with Crippen LogP contribution in [0.15, 0.2) is 47.5 Å². The first-order valence-corrected chi connectivity index (χ1v) is 7.67. The number of methoxy groups -OCH3 is 1. The molecule has 0 saturated carbocycles. The Hall–Kier alpha value is -2.49. The second-order valence-corrected chi connectivity index (χ2v) is 5.74. The Morgan fingerprint density at radius 2 is 2.09 bits per heavy atom. The maximum Gasteiger partial charge on any atom is 0.197 e. The van der Waals surface area contributed by atoms with Gasteiger partial charge in [-0.3, -0.25) is 0 Å². The summed E-state index contributed by atoms with van der Waals surface area (Å²) in [5.41, 5.74) is 5.01. The lowest BCUT2D eigenvalue weighted by atomic mass is 10.1. The molecule has 1 unspecified atom stereocenters. The van der Waals surface area contributed by atoms with E-state index in [1.165, 1.54) is 16.7 Å². The average Bonchev–Trinajstić information content (AvgIpc) is 2.97. The molecular weight excluding hydrogens is 274 g/mol. The van der Waals surface area contributed by atoms with E-state index in [1.54, 1.807) is 7.11 Å². The van der Waals surface area contributed by atoms with Crippen LogP contribution in [0.4, 0.5) is 5.69 Å². The zero-order valence-corrected chi connectivity index (χ0v) is 12.6. The zero-order chi connectivity index (χ0) is 14.9. The van der Waals surface area contributed by atoms with Gasteiger partial charge in [-0.1, -0.05) is 30.3 Å². The Kier molecular flexibility index (Phi) is 3.22. The lowest BCUT2D eigenvalue weighted by Crippen LogP contribution is -2.40. The fourth-order valence-corrected chi connectivity index (χ4v) is 3.22. The molecule has 2 aromatic carbocycles. The molecule has 2 aromatic rings. The number of rotatable bonds is 2. The Bertz CT molecular complexity index is 739. The third-order valence-corrected chi connectivity index (χ3v) is 4.41. The smallest absolute Gasteiger partial charge is 0.197 e. The maximum atomic E-state index is 5.29. The Labute approximate surface area is 130 Å². The van der Waals surface area contributed by atoms with Gasteiger partial charge < -0.3 is 15.4 Å². The molecule has 0 fully saturated rings. The molecule has 0 saturated heterocycles. The van der Waals surface area contributed by atoms with Crippen LogP contribution in [-0.2, 0) is 13.0 Å². The molecule has 1 aliphatic carbocycles. The molecular formula is C18H19N3O. The number of aliphatic imine (C=N–C) groups is 1. The fourth-order valence-electron chi connectivity index (χ4n) is 3.22. The Morgan fingerprint density at radius 1 is 1.18 bits per heavy atom. The monoisotopic (exact) mass is 293 g/mol. The van der Waals surface area contributed by atoms with Gasteiger partial charge in [0.1, 0.15) is 5.75 Å². The summed E-state index contributed by atoms with van der Waals surface area (Å²) < 4.78 is 5.29. The minimum atomic E-state index is 0.342. The summed E-state index contributed by atoms with van der Waals surface area (Å²) in [6, 6.07) is 15.0. The number of aryl methyl sites for hydroxylation is 1. The number of nitrogens with zero attached hydrogens (tertiary/aromatic N) is 1. The molecule has 0 amide bonds. The molecule has 0 aromatic heterocycles. The summed E-state index contributed by atoms with van der Waals surface area (Å²) in [4.78, 5) is 4.70. The van der Waals surface area contributed by atoms with Crippen molar-refractivity contribution in [3.63, 3.8) is 0 Å². The van der Waals surface area contributed by atoms with Crippen molar-refractivity contribution in [1.29, 1.82) is 0 Å². The summed E-state index contributed by atoms with van der Waals surface area (Å²) in [5, 5.41) is 6.92. The highest BCUT2D eigenvalue weighted by molar-refractivity contribution is 5.85. The topological polar surface area (TPSA) is 45.6 Å². The molecule has 0 bridgehead atoms. The van der Waals surface area contributed by atoms with Gasteiger partial charge in [-0.25, -0.2) is 4.99 Å². The Morgan fingerprint density at radius 3 is 3.00 bits per heavy atom. The number of fused-ring (bicyclic) bond motifs is 2. The number of hydrogen-bond acceptors (Lipinski definition) is 4. The van der Waals surface area contributed by atoms with Crippen molar-refractivity contribution in [1.82, 2.24) is 10.6 Å². The van der Waals surface area contributed by atoms with Gasteiger partial charge >= 0.3 is 0 Å². The van der Waals surface area contributed by atoms with Crippen molar-refractivity contribution in [2.24, 2.45) is 4.99 Å². The van der Waals surface area contributed by atoms with E-state index in [2.05, 4.69) is 41.0 Å². The van der Waals surface area contributed by atoms with Crippen LogP contribution in [-0.4, -0.2) is 13.1 Å². The largest absolute Gasteiger partial charge is 0.497 e. The fraction of sp³-hybridized carbons (Fsp3) is 0.278. The highest BCUT2D eigenvalue weighted by Gasteiger charge is 2.23. The van der Waals surface area contributed by atoms with E-state index in [0.29, 0.717) is 6.04 Å². The second-order valence-electron chi connectivity index (χ2n) is 5.74. The number of benzene rings is 2. The van der Waals surface area contributed by atoms with Gasteiger partial charge in [0.25, 0.3) is 0 Å². The molecule has 2 N–H and O–H groups in total. The van der Waals surface area contributed by atoms with Crippen molar-refractivity contribution in [2.45, 2.75) is 25.4 Å². The number of hydrogen-bond donors (Lipinski definition) is 2. The van der Waals surface area contributed by atoms with E-state index in [0.717, 1.165) is 36.8 Å². The van der Waals surface area contributed by atoms with Gasteiger partial charge in [0, 0.05) is 12.6 Å². The Balaban J connectivity index is 1.58. The number of nitrogens with one attached hydrogen (secondary N) is 2. The minimum absolute atomic E-state index is 0.342. The van der Waals surface area contributed by atoms with Gasteiger partial charge in [-0.15, -0.1) is 0 Å². The second kappa shape index (κ2) is 5.37. The molecule has 1 aliphatic heterocycles. The van der Waals surface area contributed by atoms with E-state index in [4.69, 9.17) is 9.73 Å². The highest BCUT2D eigenvalue weighted by atomic mass is 16.5. The van der Waals surface area contributed by atoms with Gasteiger partial charge in [0.05, 0.1) is 18.8 Å². The predicted octanol–water partition coefficient (Wildman–Crippen LogP) is 3.06. The van der Waals surface area contributed by atoms with Crippen LogP contribution >= 0.6 is 0 Å². The van der Waals surface area contributed by atoms with Crippen LogP contribution in [0.25, 0.3) is 0 Å². The SMILES string of the molecule is COc1ccc2c(c1)N=C(NC1CCc3ccccc31)NC2. The zero-order valence-electron chi connectivity index (χ0n) is 12.6. The normalized spacial score (nSPS) is 18.8. The molecule has 4 heteroatoms. The quantitative estimate of drug-likeness (QED) is 0.894. The third-order valence-electron chi connectivity index (χ3n) is 4.41. The van der Waals surface area contributed by atoms with Crippen LogP contribution < -0.4 is 15.4 Å². The average molecular weight is 293 g/mol. The molecule has 1 heterocycles. The summed E-state index contributed by atoms with van der Waals surface area (Å²) in [7, 11) is 1.68. The van der Waals surface area contributed by atoms with E-state index in [-0.39, 0.29) is 0 Å². The van der Waals surface area contributed by atoms with Crippen molar-refractivity contribution >= 4 is 11.6 Å². The predicted molar refractivity (Wildman–Crippen MR) is 87.6 cm³/mol. The number of ether oxygens (including phenoxy) is 1. The van der Waals surface area contributed by atoms with Crippen molar-refractivity contribution in [2.75, 3.05) is 7.11 Å². The van der Waals surface area contributed by atoms with Gasteiger partial charge in [-0.2, -0.15) is 0 Å². The van der Waals surface area contributed by atoms with Crippen molar-refractivity contribution < 1.29 is 4.74 Å². The molecule has 0 radical (unpaired) electrons. The molecule has 2 aliphatic rings. The first-order chi connectivity index (χ1) is 10.8. The van der Waals surface area contributed by atoms with Crippen LogP contribution in [0.3, 0.4) is 0 Å². The van der Waals surface area contributed by atoms with Gasteiger partial charge in [0.15, 0.2) is 5.96 Å².